The lowest BCUT2D eigenvalue weighted by Gasteiger charge is -2.31. The number of aliphatic carboxylic acids is 2. The van der Waals surface area contributed by atoms with Crippen molar-refractivity contribution in [1.29, 1.82) is 0 Å². The van der Waals surface area contributed by atoms with E-state index in [1.54, 1.807) is 0 Å². The second kappa shape index (κ2) is 25.6. The van der Waals surface area contributed by atoms with Crippen LogP contribution in [0.2, 0.25) is 5.02 Å². The SMILES string of the molecule is CC(C)(CC(=O)N(Cc1nn(CC(F)(F)F)c2c(-c3ccc(C#CC(C)(C)S(C)(=O)=O)nc3[C@H](Cc3cc(F)cc(F)c3)NC(=O)Cn3nc(C(F)(F)F)c4c3C(F)(F)[C@@H]3C[C@H]43)ccc(Cl)c12)[SH](=O)=O)c1c(CC(=O)N[C@@H](CC(=O)O)C(=O)O)cccc1OP(=O)(O)O. The van der Waals surface area contributed by atoms with Gasteiger partial charge in [0.1, 0.15) is 52.7 Å². The number of sulfone groups is 1. The van der Waals surface area contributed by atoms with E-state index in [0.717, 1.165) is 60.9 Å². The van der Waals surface area contributed by atoms with Gasteiger partial charge in [0.2, 0.25) is 28.6 Å². The van der Waals surface area contributed by atoms with Crippen molar-refractivity contribution >= 4 is 80.7 Å². The Kier molecular flexibility index (Phi) is 19.5. The monoisotopic (exact) mass is 1400 g/mol. The number of carbonyl (C=O) groups excluding carboxylic acids is 3. The topological polar surface area (TPSA) is 337 Å². The quantitative estimate of drug-likeness (QED) is 0.0141. The van der Waals surface area contributed by atoms with Crippen molar-refractivity contribution in [2.24, 2.45) is 5.92 Å². The van der Waals surface area contributed by atoms with Crippen LogP contribution in [0.4, 0.5) is 43.9 Å². The lowest BCUT2D eigenvalue weighted by atomic mass is 9.77. The zero-order chi connectivity index (χ0) is 69.2. The van der Waals surface area contributed by atoms with E-state index in [1.165, 1.54) is 27.7 Å². The van der Waals surface area contributed by atoms with E-state index >= 15 is 17.6 Å². The highest BCUT2D eigenvalue weighted by atomic mass is 35.5. The Morgan fingerprint density at radius 3 is 2.14 bits per heavy atom. The first-order chi connectivity index (χ1) is 42.8. The van der Waals surface area contributed by atoms with Crippen molar-refractivity contribution in [3.05, 3.63) is 128 Å². The third kappa shape index (κ3) is 15.9. The highest BCUT2D eigenvalue weighted by Gasteiger charge is 2.68. The van der Waals surface area contributed by atoms with Gasteiger partial charge in [0.15, 0.2) is 15.5 Å². The van der Waals surface area contributed by atoms with Crippen LogP contribution in [0.5, 0.6) is 5.75 Å². The summed E-state index contributed by atoms with van der Waals surface area (Å²) in [6, 6.07) is 5.70. The number of phosphoric ester groups is 1. The molecule has 8 rings (SSSR count). The minimum absolute atomic E-state index is 0.0929. The molecule has 0 aliphatic heterocycles. The Hall–Kier alpha value is -8.16. The third-order valence-corrected chi connectivity index (χ3v) is 18.6. The third-order valence-electron chi connectivity index (χ3n) is 15.1. The van der Waals surface area contributed by atoms with E-state index in [0.29, 0.717) is 6.07 Å². The van der Waals surface area contributed by atoms with Gasteiger partial charge in [-0.25, -0.2) is 44.3 Å². The molecule has 0 radical (unpaired) electrons. The zero-order valence-corrected chi connectivity index (χ0v) is 52.0. The molecule has 0 saturated heterocycles. The molecule has 0 spiro atoms. The van der Waals surface area contributed by atoms with Crippen molar-refractivity contribution in [2.75, 3.05) is 6.26 Å². The molecule has 500 valence electrons. The number of hydrogen-bond donors (Lipinski definition) is 7. The van der Waals surface area contributed by atoms with Gasteiger partial charge in [0, 0.05) is 57.7 Å². The highest BCUT2D eigenvalue weighted by Crippen LogP contribution is 2.68. The van der Waals surface area contributed by atoms with E-state index in [-0.39, 0.29) is 48.0 Å². The molecular weight excluding hydrogens is 1350 g/mol. The lowest BCUT2D eigenvalue weighted by molar-refractivity contribution is -0.147. The summed E-state index contributed by atoms with van der Waals surface area (Å²) >= 11 is 6.77. The second-order valence-corrected chi connectivity index (χ2v) is 28.1. The fourth-order valence-electron chi connectivity index (χ4n) is 10.9. The van der Waals surface area contributed by atoms with Gasteiger partial charge in [-0.3, -0.25) is 38.3 Å². The number of rotatable bonds is 23. The number of carboxylic acid groups (broad SMARTS) is 2. The number of thiol groups is 1. The molecule has 1 fully saturated rings. The van der Waals surface area contributed by atoms with Gasteiger partial charge >= 0.3 is 32.1 Å². The maximum absolute atomic E-state index is 15.8. The Balaban J connectivity index is 1.27. The molecular formula is C56H52ClF10N8O15PS2. The molecule has 93 heavy (non-hydrogen) atoms. The summed E-state index contributed by atoms with van der Waals surface area (Å²) < 4.78 is 217. The molecule has 0 bridgehead atoms. The van der Waals surface area contributed by atoms with Crippen molar-refractivity contribution in [2.45, 2.75) is 126 Å². The predicted molar refractivity (Wildman–Crippen MR) is 306 cm³/mol. The maximum Gasteiger partial charge on any atom is 0.524 e. The largest absolute Gasteiger partial charge is 0.524 e. The smallest absolute Gasteiger partial charge is 0.481 e. The summed E-state index contributed by atoms with van der Waals surface area (Å²) in [5, 5.41) is 29.6. The van der Waals surface area contributed by atoms with Crippen LogP contribution in [0.15, 0.2) is 60.7 Å². The number of carboxylic acids is 2. The van der Waals surface area contributed by atoms with Crippen LogP contribution in [0.1, 0.15) is 110 Å². The van der Waals surface area contributed by atoms with Crippen molar-refractivity contribution in [3.8, 4) is 28.7 Å². The first kappa shape index (κ1) is 70.7. The number of nitrogens with one attached hydrogen (secondary N) is 2. The maximum atomic E-state index is 15.8. The Labute approximate surface area is 526 Å². The fraction of sp³-hybridized carbons (Fsp3) is 0.393. The Morgan fingerprint density at radius 2 is 1.56 bits per heavy atom. The number of alkyl halides is 8. The number of nitrogens with zero attached hydrogens (tertiary/aromatic N) is 6. The fourth-order valence-corrected chi connectivity index (χ4v) is 12.3. The van der Waals surface area contributed by atoms with Gasteiger partial charge in [0.25, 0.3) is 5.92 Å². The summed E-state index contributed by atoms with van der Waals surface area (Å²) in [7, 11) is -13.7. The van der Waals surface area contributed by atoms with Crippen molar-refractivity contribution in [3.63, 3.8) is 0 Å². The van der Waals surface area contributed by atoms with Gasteiger partial charge in [-0.15, -0.1) is 0 Å². The van der Waals surface area contributed by atoms with Crippen LogP contribution in [-0.2, 0) is 99.3 Å². The van der Waals surface area contributed by atoms with Crippen LogP contribution in [0.25, 0.3) is 22.0 Å². The van der Waals surface area contributed by atoms with Crippen LogP contribution in [-0.4, -0.2) is 119 Å². The number of fused-ring (bicyclic) bond motifs is 4. The Morgan fingerprint density at radius 1 is 0.914 bits per heavy atom. The number of halogens is 11. The number of aromatic nitrogens is 5. The first-order valence-corrected chi connectivity index (χ1v) is 32.0. The molecule has 2 aliphatic rings. The molecule has 3 aromatic carbocycles. The predicted octanol–water partition coefficient (Wildman–Crippen LogP) is 7.57. The minimum atomic E-state index is -5.52. The number of hydrogen-bond acceptors (Lipinski definition) is 14. The van der Waals surface area contributed by atoms with E-state index < -0.39 is 223 Å². The summed E-state index contributed by atoms with van der Waals surface area (Å²) in [5.74, 6) is -12.1. The zero-order valence-electron chi connectivity index (χ0n) is 48.7. The first-order valence-electron chi connectivity index (χ1n) is 27.1. The van der Waals surface area contributed by atoms with Crippen LogP contribution in [0, 0.1) is 29.4 Å². The van der Waals surface area contributed by atoms with Crippen molar-refractivity contribution in [1.82, 2.24) is 39.5 Å². The van der Waals surface area contributed by atoms with Crippen LogP contribution >= 0.6 is 19.4 Å². The minimum Gasteiger partial charge on any atom is -0.481 e. The van der Waals surface area contributed by atoms with E-state index in [9.17, 15) is 91.7 Å². The number of pyridine rings is 1. The number of amides is 3. The van der Waals surface area contributed by atoms with Crippen LogP contribution < -0.4 is 15.2 Å². The molecule has 3 aromatic heterocycles. The molecule has 1 saturated carbocycles. The molecule has 6 N–H and O–H groups in total. The second-order valence-electron chi connectivity index (χ2n) is 23.0. The molecule has 0 unspecified atom stereocenters. The summed E-state index contributed by atoms with van der Waals surface area (Å²) in [6.45, 7) is 0.141. The van der Waals surface area contributed by atoms with Gasteiger partial charge in [-0.2, -0.15) is 45.3 Å². The number of benzene rings is 3. The summed E-state index contributed by atoms with van der Waals surface area (Å²) in [5.41, 5.74) is -9.53. The molecule has 37 heteroatoms. The summed E-state index contributed by atoms with van der Waals surface area (Å²) in [4.78, 5) is 89.5. The van der Waals surface area contributed by atoms with Gasteiger partial charge in [-0.05, 0) is 86.1 Å². The average molecular weight is 1400 g/mol. The molecule has 6 aromatic rings. The normalized spacial score (nSPS) is 16.2. The van der Waals surface area contributed by atoms with Gasteiger partial charge in [-0.1, -0.05) is 49.6 Å². The average Bonchev–Trinajstić information content (AvgIpc) is 1.52. The lowest BCUT2D eigenvalue weighted by Crippen LogP contribution is -2.43. The van der Waals surface area contributed by atoms with Crippen LogP contribution in [0.3, 0.4) is 0 Å². The standard InChI is InChI=1S/C56H52ClF10N8O15PS2/c1-52(2,46-27(7-6-8-39(46)90-91(83,84)85)18-40(76)70-37(51(81)82)21-43(79)80)22-42(78)75(92(86)87)23-38-45-35(57)12-11-32(48(45)74(71-38)25-54(60,61)62)31-10-9-30(13-14-53(3,4)93(5,88)89)68-47(31)36(17-26-15-28(58)19-29(59)16-26)69-41(77)24-73-50-44(49(72-73)56(65,66)67)33-20-34(33)55(50,63)64/h6-12,15-16,19,33-34,36-37,92H,17-18,20-25H2,1-5H3,(H,69,77)(H,70,76)(H,79,80)(H,81,82)(H2,83,84,85)/t33-,34+,36-,37-/m0/s1. The molecule has 4 atom stereocenters. The number of carbonyl (C=O) groups is 5. The van der Waals surface area contributed by atoms with Gasteiger partial charge < -0.3 is 25.4 Å². The molecule has 3 amide bonds. The number of phosphoric acid groups is 1. The summed E-state index contributed by atoms with van der Waals surface area (Å²) in [6.07, 6.45) is -13.8. The van der Waals surface area contributed by atoms with E-state index in [2.05, 4.69) is 32.3 Å². The van der Waals surface area contributed by atoms with Gasteiger partial charge in [0.05, 0.1) is 47.4 Å². The Bertz CT molecular complexity index is 4360. The molecule has 2 aliphatic carbocycles. The van der Waals surface area contributed by atoms with Crippen molar-refractivity contribution < 1.29 is 114 Å². The molecule has 3 heterocycles. The highest BCUT2D eigenvalue weighted by molar-refractivity contribution is 7.92. The van der Waals surface area contributed by atoms with E-state index in [4.69, 9.17) is 16.1 Å². The molecule has 23 nitrogen and oxygen atoms in total. The van der Waals surface area contributed by atoms with E-state index in [1.807, 2.05) is 5.32 Å².